The van der Waals surface area contributed by atoms with E-state index in [-0.39, 0.29) is 0 Å². The van der Waals surface area contributed by atoms with Crippen LogP contribution in [0.25, 0.3) is 0 Å². The van der Waals surface area contributed by atoms with Gasteiger partial charge in [0, 0.05) is 11.8 Å². The molecule has 0 fully saturated rings. The number of pyridine rings is 1. The molecule has 2 rings (SSSR count). The highest BCUT2D eigenvalue weighted by Gasteiger charge is 2.11. The van der Waals surface area contributed by atoms with E-state index in [2.05, 4.69) is 4.98 Å². The largest absolute Gasteiger partial charge is 0.455 e. The monoisotopic (exact) mass is 233 g/mol. The lowest BCUT2D eigenvalue weighted by Gasteiger charge is -2.12. The summed E-state index contributed by atoms with van der Waals surface area (Å²) in [5, 5.41) is 9.54. The molecule has 1 aromatic carbocycles. The molecular weight excluding hydrogens is 221 g/mol. The van der Waals surface area contributed by atoms with Gasteiger partial charge in [0.15, 0.2) is 0 Å². The van der Waals surface area contributed by atoms with Gasteiger partial charge >= 0.3 is 0 Å². The molecule has 0 aliphatic carbocycles. The van der Waals surface area contributed by atoms with Crippen molar-refractivity contribution in [2.75, 3.05) is 0 Å². The fourth-order valence-corrected chi connectivity index (χ4v) is 1.47. The molecule has 0 aliphatic rings. The van der Waals surface area contributed by atoms with Crippen molar-refractivity contribution >= 4 is 0 Å². The first-order valence-corrected chi connectivity index (χ1v) is 5.22. The molecule has 0 saturated heterocycles. The minimum absolute atomic E-state index is 0.403. The predicted octanol–water partition coefficient (Wildman–Crippen LogP) is 3.07. The van der Waals surface area contributed by atoms with Crippen LogP contribution in [0.2, 0.25) is 0 Å². The van der Waals surface area contributed by atoms with E-state index in [1.165, 1.54) is 18.2 Å². The van der Waals surface area contributed by atoms with Gasteiger partial charge in [-0.15, -0.1) is 0 Å². The van der Waals surface area contributed by atoms with Gasteiger partial charge in [-0.3, -0.25) is 4.98 Å². The molecule has 2 aromatic rings. The summed E-state index contributed by atoms with van der Waals surface area (Å²) in [7, 11) is 0. The summed E-state index contributed by atoms with van der Waals surface area (Å²) in [6, 6.07) is 7.52. The Morgan fingerprint density at radius 1 is 1.35 bits per heavy atom. The third-order valence-corrected chi connectivity index (χ3v) is 2.28. The lowest BCUT2D eigenvalue weighted by molar-refractivity contribution is 0.195. The van der Waals surface area contributed by atoms with Crippen LogP contribution >= 0.6 is 0 Å². The number of halogens is 1. The number of hydrogen-bond donors (Lipinski definition) is 1. The van der Waals surface area contributed by atoms with Crippen molar-refractivity contribution in [2.24, 2.45) is 0 Å². The number of ether oxygens (including phenoxy) is 1. The smallest absolute Gasteiger partial charge is 0.145 e. The van der Waals surface area contributed by atoms with Crippen LogP contribution < -0.4 is 4.74 Å². The average molecular weight is 233 g/mol. The minimum Gasteiger partial charge on any atom is -0.455 e. The topological polar surface area (TPSA) is 42.4 Å². The van der Waals surface area contributed by atoms with Gasteiger partial charge in [-0.1, -0.05) is 0 Å². The summed E-state index contributed by atoms with van der Waals surface area (Å²) < 4.78 is 18.6. The van der Waals surface area contributed by atoms with E-state index in [9.17, 15) is 9.50 Å². The lowest BCUT2D eigenvalue weighted by Crippen LogP contribution is -1.97. The Morgan fingerprint density at radius 3 is 2.82 bits per heavy atom. The first-order valence-electron chi connectivity index (χ1n) is 5.22. The maximum atomic E-state index is 13.1. The quantitative estimate of drug-likeness (QED) is 0.885. The minimum atomic E-state index is -0.794. The normalized spacial score (nSPS) is 12.2. The predicted molar refractivity (Wildman–Crippen MR) is 61.3 cm³/mol. The molecule has 0 aliphatic heterocycles. The molecule has 17 heavy (non-hydrogen) atoms. The first-order chi connectivity index (χ1) is 8.16. The van der Waals surface area contributed by atoms with Crippen LogP contribution in [0.4, 0.5) is 4.39 Å². The third kappa shape index (κ3) is 2.79. The zero-order chi connectivity index (χ0) is 12.3. The number of rotatable bonds is 3. The lowest BCUT2D eigenvalue weighted by atomic mass is 10.1. The SMILES string of the molecule is CC(O)c1cc(F)ccc1Oc1cccnc1. The standard InChI is InChI=1S/C13H12FNO2/c1-9(16)12-7-10(14)4-5-13(12)17-11-3-2-6-15-8-11/h2-9,16H,1H3. The maximum absolute atomic E-state index is 13.1. The summed E-state index contributed by atoms with van der Waals surface area (Å²) in [6.07, 6.45) is 2.39. The van der Waals surface area contributed by atoms with Gasteiger partial charge in [0.05, 0.1) is 12.3 Å². The Morgan fingerprint density at radius 2 is 2.18 bits per heavy atom. The van der Waals surface area contributed by atoms with Gasteiger partial charge in [0.1, 0.15) is 17.3 Å². The molecule has 1 heterocycles. The molecular formula is C13H12FNO2. The summed E-state index contributed by atoms with van der Waals surface area (Å²) in [6.45, 7) is 1.56. The van der Waals surface area contributed by atoms with E-state index in [0.29, 0.717) is 17.1 Å². The van der Waals surface area contributed by atoms with E-state index in [1.807, 2.05) is 0 Å². The Bertz CT molecular complexity index is 500. The average Bonchev–Trinajstić information content (AvgIpc) is 2.32. The molecule has 1 unspecified atom stereocenters. The fourth-order valence-electron chi connectivity index (χ4n) is 1.47. The molecule has 1 N–H and O–H groups in total. The van der Waals surface area contributed by atoms with Crippen molar-refractivity contribution in [2.45, 2.75) is 13.0 Å². The number of aliphatic hydroxyl groups excluding tert-OH is 1. The fraction of sp³-hybridized carbons (Fsp3) is 0.154. The van der Waals surface area contributed by atoms with Gasteiger partial charge in [0.2, 0.25) is 0 Å². The maximum Gasteiger partial charge on any atom is 0.145 e. The van der Waals surface area contributed by atoms with Crippen LogP contribution in [0.15, 0.2) is 42.7 Å². The molecule has 0 amide bonds. The van der Waals surface area contributed by atoms with Gasteiger partial charge < -0.3 is 9.84 Å². The second-order valence-electron chi connectivity index (χ2n) is 3.65. The van der Waals surface area contributed by atoms with Crippen molar-refractivity contribution < 1.29 is 14.2 Å². The van der Waals surface area contributed by atoms with Gasteiger partial charge in [-0.2, -0.15) is 0 Å². The van der Waals surface area contributed by atoms with E-state index >= 15 is 0 Å². The van der Waals surface area contributed by atoms with E-state index < -0.39 is 11.9 Å². The molecule has 3 nitrogen and oxygen atoms in total. The van der Waals surface area contributed by atoms with Crippen LogP contribution in [0.5, 0.6) is 11.5 Å². The van der Waals surface area contributed by atoms with Gasteiger partial charge in [-0.05, 0) is 37.3 Å². The van der Waals surface area contributed by atoms with Crippen molar-refractivity contribution in [1.29, 1.82) is 0 Å². The van der Waals surface area contributed by atoms with Crippen molar-refractivity contribution in [1.82, 2.24) is 4.98 Å². The van der Waals surface area contributed by atoms with Crippen LogP contribution in [0.3, 0.4) is 0 Å². The van der Waals surface area contributed by atoms with Crippen LogP contribution in [0, 0.1) is 5.82 Å². The third-order valence-electron chi connectivity index (χ3n) is 2.28. The highest BCUT2D eigenvalue weighted by atomic mass is 19.1. The second-order valence-corrected chi connectivity index (χ2v) is 3.65. The summed E-state index contributed by atoms with van der Waals surface area (Å²) >= 11 is 0. The Balaban J connectivity index is 2.33. The highest BCUT2D eigenvalue weighted by Crippen LogP contribution is 2.29. The van der Waals surface area contributed by atoms with E-state index in [0.717, 1.165) is 0 Å². The summed E-state index contributed by atoms with van der Waals surface area (Å²) in [4.78, 5) is 3.91. The number of nitrogens with zero attached hydrogens (tertiary/aromatic N) is 1. The van der Waals surface area contributed by atoms with E-state index in [1.54, 1.807) is 31.5 Å². The van der Waals surface area contributed by atoms with Crippen LogP contribution in [0.1, 0.15) is 18.6 Å². The molecule has 0 radical (unpaired) electrons. The van der Waals surface area contributed by atoms with Crippen LogP contribution in [-0.2, 0) is 0 Å². The number of aliphatic hydroxyl groups is 1. The Kier molecular flexibility index (Phi) is 3.35. The highest BCUT2D eigenvalue weighted by molar-refractivity contribution is 5.38. The number of benzene rings is 1. The van der Waals surface area contributed by atoms with Crippen LogP contribution in [-0.4, -0.2) is 10.1 Å². The molecule has 0 saturated carbocycles. The Hall–Kier alpha value is -1.94. The first kappa shape index (κ1) is 11.5. The zero-order valence-corrected chi connectivity index (χ0v) is 9.30. The summed E-state index contributed by atoms with van der Waals surface area (Å²) in [5.41, 5.74) is 0.411. The zero-order valence-electron chi connectivity index (χ0n) is 9.30. The van der Waals surface area contributed by atoms with Gasteiger partial charge in [-0.25, -0.2) is 4.39 Å². The molecule has 0 spiro atoms. The van der Waals surface area contributed by atoms with Crippen molar-refractivity contribution in [3.8, 4) is 11.5 Å². The molecule has 4 heteroatoms. The number of hydrogen-bond acceptors (Lipinski definition) is 3. The van der Waals surface area contributed by atoms with Crippen molar-refractivity contribution in [3.05, 3.63) is 54.1 Å². The number of aromatic nitrogens is 1. The molecule has 1 aromatic heterocycles. The Labute approximate surface area is 98.5 Å². The second kappa shape index (κ2) is 4.93. The molecule has 88 valence electrons. The van der Waals surface area contributed by atoms with E-state index in [4.69, 9.17) is 4.74 Å². The van der Waals surface area contributed by atoms with Gasteiger partial charge in [0.25, 0.3) is 0 Å². The summed E-state index contributed by atoms with van der Waals surface area (Å²) in [5.74, 6) is 0.565. The molecule has 0 bridgehead atoms. The molecule has 1 atom stereocenters. The van der Waals surface area contributed by atoms with Crippen molar-refractivity contribution in [3.63, 3.8) is 0 Å².